The van der Waals surface area contributed by atoms with Gasteiger partial charge < -0.3 is 0 Å². The minimum atomic E-state index is -1.13. The van der Waals surface area contributed by atoms with Crippen molar-refractivity contribution in [1.82, 2.24) is 0 Å². The molecule has 0 aromatic carbocycles. The molecule has 2 aliphatic rings. The Morgan fingerprint density at radius 3 is 2.27 bits per heavy atom. The van der Waals surface area contributed by atoms with Crippen LogP contribution >= 0.6 is 31.9 Å². The van der Waals surface area contributed by atoms with Crippen LogP contribution < -0.4 is 0 Å². The van der Waals surface area contributed by atoms with Crippen LogP contribution in [0, 0.1) is 16.7 Å². The summed E-state index contributed by atoms with van der Waals surface area (Å²) in [6, 6.07) is 0. The van der Waals surface area contributed by atoms with Gasteiger partial charge in [0.2, 0.25) is 0 Å². The van der Waals surface area contributed by atoms with Crippen molar-refractivity contribution in [2.24, 2.45) is 16.7 Å². The van der Waals surface area contributed by atoms with Crippen LogP contribution in [0.2, 0.25) is 0 Å². The fourth-order valence-electron chi connectivity index (χ4n) is 3.04. The second kappa shape index (κ2) is 2.95. The number of hydrogen-bond acceptors (Lipinski definition) is 2. The Balaban J connectivity index is 2.61. The first-order valence-corrected chi connectivity index (χ1v) is 6.71. The highest BCUT2D eigenvalue weighted by Crippen LogP contribution is 2.64. The van der Waals surface area contributed by atoms with Crippen LogP contribution in [0.25, 0.3) is 0 Å². The van der Waals surface area contributed by atoms with E-state index in [0.29, 0.717) is 0 Å². The lowest BCUT2D eigenvalue weighted by atomic mass is 9.58. The molecule has 2 rings (SSSR count). The van der Waals surface area contributed by atoms with E-state index in [9.17, 15) is 9.59 Å². The molecule has 0 amide bonds. The number of Topliss-reactive ketones (excluding diaryl/α,β-unsaturated/α-hetero) is 2. The summed E-state index contributed by atoms with van der Waals surface area (Å²) in [7, 11) is 0. The summed E-state index contributed by atoms with van der Waals surface area (Å²) in [5, 5.41) is 0. The van der Waals surface area contributed by atoms with Crippen LogP contribution in [0.15, 0.2) is 0 Å². The summed E-state index contributed by atoms with van der Waals surface area (Å²) < 4.78 is -1.13. The van der Waals surface area contributed by atoms with E-state index in [0.717, 1.165) is 12.8 Å². The van der Waals surface area contributed by atoms with Crippen molar-refractivity contribution in [3.05, 3.63) is 0 Å². The molecule has 15 heavy (non-hydrogen) atoms. The van der Waals surface area contributed by atoms with Gasteiger partial charge in [-0.2, -0.15) is 0 Å². The number of hydrogen-bond donors (Lipinski definition) is 0. The van der Waals surface area contributed by atoms with Crippen molar-refractivity contribution >= 4 is 43.4 Å². The van der Waals surface area contributed by atoms with E-state index in [1.807, 2.05) is 20.8 Å². The topological polar surface area (TPSA) is 34.1 Å². The number of fused-ring (bicyclic) bond motifs is 2. The highest BCUT2D eigenvalue weighted by Gasteiger charge is 2.68. The number of carbonyl (C=O) groups is 2. The second-order valence-corrected chi connectivity index (χ2v) is 8.86. The SMILES string of the molecule is CC1(C)[C@H]2CC[C@]1(C)C(=O)C(Br)(Br)C2=O. The predicted molar refractivity (Wildman–Crippen MR) is 65.2 cm³/mol. The molecule has 0 unspecified atom stereocenters. The van der Waals surface area contributed by atoms with Gasteiger partial charge in [0.1, 0.15) is 0 Å². The number of rotatable bonds is 0. The van der Waals surface area contributed by atoms with Crippen LogP contribution in [0.3, 0.4) is 0 Å². The van der Waals surface area contributed by atoms with Crippen molar-refractivity contribution in [3.63, 3.8) is 0 Å². The highest BCUT2D eigenvalue weighted by atomic mass is 79.9. The zero-order valence-corrected chi connectivity index (χ0v) is 12.2. The van der Waals surface area contributed by atoms with E-state index >= 15 is 0 Å². The quantitative estimate of drug-likeness (QED) is 0.503. The average molecular weight is 338 g/mol. The fourth-order valence-corrected chi connectivity index (χ4v) is 4.47. The molecule has 0 N–H and O–H groups in total. The Morgan fingerprint density at radius 1 is 1.20 bits per heavy atom. The van der Waals surface area contributed by atoms with Gasteiger partial charge in [0.05, 0.1) is 0 Å². The van der Waals surface area contributed by atoms with Gasteiger partial charge in [0, 0.05) is 11.3 Å². The van der Waals surface area contributed by atoms with Gasteiger partial charge in [-0.3, -0.25) is 9.59 Å². The van der Waals surface area contributed by atoms with Crippen LogP contribution in [0.1, 0.15) is 33.6 Å². The molecule has 2 aliphatic carbocycles. The molecule has 0 aliphatic heterocycles. The van der Waals surface area contributed by atoms with Crippen LogP contribution in [0.5, 0.6) is 0 Å². The summed E-state index contributed by atoms with van der Waals surface area (Å²) in [6.07, 6.45) is 1.64. The zero-order valence-electron chi connectivity index (χ0n) is 9.06. The summed E-state index contributed by atoms with van der Waals surface area (Å²) >= 11 is 6.50. The lowest BCUT2D eigenvalue weighted by Crippen LogP contribution is -2.58. The molecule has 2 saturated carbocycles. The molecule has 0 aromatic heterocycles. The third-order valence-electron chi connectivity index (χ3n) is 4.64. The van der Waals surface area contributed by atoms with Crippen molar-refractivity contribution in [2.75, 3.05) is 0 Å². The summed E-state index contributed by atoms with van der Waals surface area (Å²) in [5.41, 5.74) is -0.606. The monoisotopic (exact) mass is 336 g/mol. The third-order valence-corrected chi connectivity index (χ3v) is 6.14. The first-order valence-electron chi connectivity index (χ1n) is 5.13. The largest absolute Gasteiger partial charge is 0.296 e. The van der Waals surface area contributed by atoms with Crippen molar-refractivity contribution < 1.29 is 9.59 Å². The number of carbonyl (C=O) groups excluding carboxylic acids is 2. The maximum absolute atomic E-state index is 12.3. The van der Waals surface area contributed by atoms with E-state index in [-0.39, 0.29) is 22.9 Å². The standard InChI is InChI=1S/C11H14Br2O2/c1-9(2)6-4-5-10(9,3)8(15)11(12,13)7(6)14/h6H,4-5H2,1-3H3/t6-,10+/m0/s1. The van der Waals surface area contributed by atoms with Gasteiger partial charge >= 0.3 is 0 Å². The van der Waals surface area contributed by atoms with E-state index in [1.165, 1.54) is 0 Å². The normalized spacial score (nSPS) is 42.1. The second-order valence-electron chi connectivity index (χ2n) is 5.41. The van der Waals surface area contributed by atoms with Gasteiger partial charge in [0.15, 0.2) is 14.8 Å². The number of ketones is 2. The lowest BCUT2D eigenvalue weighted by Gasteiger charge is -2.47. The maximum Gasteiger partial charge on any atom is 0.197 e. The molecule has 0 spiro atoms. The first-order chi connectivity index (χ1) is 6.65. The molecule has 2 nitrogen and oxygen atoms in total. The molecule has 2 atom stereocenters. The summed E-state index contributed by atoms with van der Waals surface area (Å²) in [6.45, 7) is 6.06. The van der Waals surface area contributed by atoms with Crippen molar-refractivity contribution in [1.29, 1.82) is 0 Å². The fraction of sp³-hybridized carbons (Fsp3) is 0.818. The van der Waals surface area contributed by atoms with E-state index < -0.39 is 8.65 Å². The van der Waals surface area contributed by atoms with Crippen LogP contribution in [0.4, 0.5) is 0 Å². The van der Waals surface area contributed by atoms with Crippen LogP contribution in [-0.2, 0) is 9.59 Å². The number of halogens is 2. The lowest BCUT2D eigenvalue weighted by molar-refractivity contribution is -0.146. The van der Waals surface area contributed by atoms with E-state index in [4.69, 9.17) is 0 Å². The van der Waals surface area contributed by atoms with Gasteiger partial charge in [-0.15, -0.1) is 0 Å². The smallest absolute Gasteiger partial charge is 0.197 e. The molecular weight excluding hydrogens is 324 g/mol. The predicted octanol–water partition coefficient (Wildman–Crippen LogP) is 3.07. The van der Waals surface area contributed by atoms with Crippen molar-refractivity contribution in [3.8, 4) is 0 Å². The Bertz CT molecular complexity index is 360. The molecule has 84 valence electrons. The molecule has 2 bridgehead atoms. The Hall–Kier alpha value is 0.300. The van der Waals surface area contributed by atoms with Gasteiger partial charge in [-0.1, -0.05) is 52.6 Å². The minimum absolute atomic E-state index is 0.00697. The molecule has 0 radical (unpaired) electrons. The van der Waals surface area contributed by atoms with Crippen LogP contribution in [-0.4, -0.2) is 14.8 Å². The molecule has 0 saturated heterocycles. The Kier molecular flexibility index (Phi) is 2.31. The van der Waals surface area contributed by atoms with E-state index in [2.05, 4.69) is 31.9 Å². The Labute approximate surface area is 106 Å². The molecule has 0 heterocycles. The van der Waals surface area contributed by atoms with Gasteiger partial charge in [0.25, 0.3) is 0 Å². The maximum atomic E-state index is 12.3. The minimum Gasteiger partial charge on any atom is -0.296 e. The molecule has 0 aromatic rings. The average Bonchev–Trinajstić information content (AvgIpc) is 2.32. The third kappa shape index (κ3) is 1.15. The van der Waals surface area contributed by atoms with Crippen molar-refractivity contribution in [2.45, 2.75) is 36.8 Å². The first kappa shape index (κ1) is 11.8. The number of alkyl halides is 2. The molecular formula is C11H14Br2O2. The van der Waals surface area contributed by atoms with E-state index in [1.54, 1.807) is 0 Å². The molecule has 4 heteroatoms. The zero-order chi connectivity index (χ0) is 11.6. The van der Waals surface area contributed by atoms with Gasteiger partial charge in [-0.05, 0) is 18.3 Å². The summed E-state index contributed by atoms with van der Waals surface area (Å²) in [4.78, 5) is 24.5. The molecule has 2 fully saturated rings. The highest BCUT2D eigenvalue weighted by molar-refractivity contribution is 9.26. The summed E-state index contributed by atoms with van der Waals surface area (Å²) in [5.74, 6) is -0.0369. The van der Waals surface area contributed by atoms with Gasteiger partial charge in [-0.25, -0.2) is 0 Å². The Morgan fingerprint density at radius 2 is 1.73 bits per heavy atom.